The summed E-state index contributed by atoms with van der Waals surface area (Å²) in [6.07, 6.45) is 1.33. The van der Waals surface area contributed by atoms with Gasteiger partial charge in [0.25, 0.3) is 0 Å². The summed E-state index contributed by atoms with van der Waals surface area (Å²) < 4.78 is 5.17. The van der Waals surface area contributed by atoms with Crippen LogP contribution in [0, 0.1) is 6.92 Å². The highest BCUT2D eigenvalue weighted by molar-refractivity contribution is 5.94. The van der Waals surface area contributed by atoms with Crippen molar-refractivity contribution in [2.24, 2.45) is 0 Å². The summed E-state index contributed by atoms with van der Waals surface area (Å²) in [4.78, 5) is 12.4. The predicted octanol–water partition coefficient (Wildman–Crippen LogP) is 4.11. The van der Waals surface area contributed by atoms with E-state index >= 15 is 0 Å². The van der Waals surface area contributed by atoms with Crippen molar-refractivity contribution in [3.63, 3.8) is 0 Å². The fourth-order valence-corrected chi connectivity index (χ4v) is 2.53. The van der Waals surface area contributed by atoms with Crippen LogP contribution in [-0.2, 0) is 4.79 Å². The number of rotatable bonds is 6. The summed E-state index contributed by atoms with van der Waals surface area (Å²) in [5.41, 5.74) is 9.44. The van der Waals surface area contributed by atoms with Gasteiger partial charge in [-0.1, -0.05) is 36.8 Å². The number of aryl methyl sites for hydroxylation is 1. The minimum atomic E-state index is -0.0441. The Kier molecular flexibility index (Phi) is 5.63. The first-order chi connectivity index (χ1) is 11.0. The highest BCUT2D eigenvalue weighted by Gasteiger charge is 2.15. The number of ether oxygens (including phenoxy) is 1. The molecule has 1 amide bonds. The van der Waals surface area contributed by atoms with Gasteiger partial charge < -0.3 is 15.8 Å². The molecule has 0 aromatic heterocycles. The molecule has 0 saturated heterocycles. The molecule has 0 aliphatic rings. The largest absolute Gasteiger partial charge is 0.497 e. The normalized spacial score (nSPS) is 11.8. The lowest BCUT2D eigenvalue weighted by atomic mass is 9.92. The van der Waals surface area contributed by atoms with Crippen LogP contribution in [0.1, 0.15) is 36.8 Å². The number of hydrogen-bond acceptors (Lipinski definition) is 3. The lowest BCUT2D eigenvalue weighted by molar-refractivity contribution is -0.116. The number of nitrogens with two attached hydrogens (primary N) is 1. The number of methoxy groups -OCH3 is 1. The van der Waals surface area contributed by atoms with Crippen LogP contribution in [0.3, 0.4) is 0 Å². The quantitative estimate of drug-likeness (QED) is 0.789. The summed E-state index contributed by atoms with van der Waals surface area (Å²) in [5, 5.41) is 2.89. The van der Waals surface area contributed by atoms with Gasteiger partial charge in [0.05, 0.1) is 18.5 Å². The average molecular weight is 312 g/mol. The van der Waals surface area contributed by atoms with E-state index in [0.29, 0.717) is 23.5 Å². The third-order valence-electron chi connectivity index (χ3n) is 4.01. The zero-order chi connectivity index (χ0) is 16.8. The van der Waals surface area contributed by atoms with Crippen LogP contribution in [-0.4, -0.2) is 13.0 Å². The van der Waals surface area contributed by atoms with Gasteiger partial charge in [-0.05, 0) is 37.0 Å². The molecule has 2 aromatic rings. The summed E-state index contributed by atoms with van der Waals surface area (Å²) in [6.45, 7) is 4.15. The third-order valence-corrected chi connectivity index (χ3v) is 4.01. The van der Waals surface area contributed by atoms with Crippen LogP contribution in [0.4, 0.5) is 11.4 Å². The van der Waals surface area contributed by atoms with E-state index < -0.39 is 0 Å². The van der Waals surface area contributed by atoms with E-state index in [1.165, 1.54) is 11.1 Å². The van der Waals surface area contributed by atoms with Crippen LogP contribution in [0.25, 0.3) is 0 Å². The predicted molar refractivity (Wildman–Crippen MR) is 94.9 cm³/mol. The van der Waals surface area contributed by atoms with Crippen molar-refractivity contribution in [3.05, 3.63) is 53.6 Å². The molecule has 4 nitrogen and oxygen atoms in total. The van der Waals surface area contributed by atoms with E-state index in [1.54, 1.807) is 25.3 Å². The van der Waals surface area contributed by atoms with E-state index in [1.807, 2.05) is 0 Å². The highest BCUT2D eigenvalue weighted by atomic mass is 16.5. The van der Waals surface area contributed by atoms with Gasteiger partial charge in [-0.25, -0.2) is 0 Å². The smallest absolute Gasteiger partial charge is 0.225 e. The summed E-state index contributed by atoms with van der Waals surface area (Å²) in [6, 6.07) is 13.6. The van der Waals surface area contributed by atoms with E-state index in [2.05, 4.69) is 43.4 Å². The molecule has 4 heteroatoms. The van der Waals surface area contributed by atoms with Crippen LogP contribution in [0.15, 0.2) is 42.5 Å². The number of amides is 1. The second-order valence-electron chi connectivity index (χ2n) is 5.72. The Morgan fingerprint density at radius 3 is 2.52 bits per heavy atom. The monoisotopic (exact) mass is 312 g/mol. The van der Waals surface area contributed by atoms with Crippen LogP contribution in [0.5, 0.6) is 5.75 Å². The fraction of sp³-hybridized carbons (Fsp3) is 0.316. The van der Waals surface area contributed by atoms with Gasteiger partial charge in [-0.3, -0.25) is 4.79 Å². The molecule has 1 atom stereocenters. The number of carbonyl (C=O) groups is 1. The molecule has 0 bridgehead atoms. The standard InChI is InChI=1S/C19H24N2O2/c1-4-14(15-7-5-13(2)6-8-15)11-19(22)21-18-12-16(23-3)9-10-17(18)20/h5-10,12,14H,4,11,20H2,1-3H3,(H,21,22). The average Bonchev–Trinajstić information content (AvgIpc) is 2.55. The van der Waals surface area contributed by atoms with Gasteiger partial charge in [0.1, 0.15) is 5.75 Å². The van der Waals surface area contributed by atoms with Crippen molar-refractivity contribution in [3.8, 4) is 5.75 Å². The number of hydrogen-bond donors (Lipinski definition) is 2. The van der Waals surface area contributed by atoms with E-state index in [-0.39, 0.29) is 11.8 Å². The Labute approximate surface area is 137 Å². The third kappa shape index (κ3) is 4.49. The number of benzene rings is 2. The lowest BCUT2D eigenvalue weighted by Gasteiger charge is -2.16. The molecule has 0 radical (unpaired) electrons. The number of carbonyl (C=O) groups excluding carboxylic acids is 1. The summed E-state index contributed by atoms with van der Waals surface area (Å²) in [7, 11) is 1.58. The maximum absolute atomic E-state index is 12.4. The Morgan fingerprint density at radius 1 is 1.22 bits per heavy atom. The van der Waals surface area contributed by atoms with Gasteiger partial charge in [-0.15, -0.1) is 0 Å². The molecule has 0 aliphatic heterocycles. The molecule has 2 aromatic carbocycles. The maximum Gasteiger partial charge on any atom is 0.225 e. The molecule has 0 saturated carbocycles. The zero-order valence-corrected chi connectivity index (χ0v) is 13.9. The van der Waals surface area contributed by atoms with Crippen LogP contribution in [0.2, 0.25) is 0 Å². The number of nitrogen functional groups attached to an aromatic ring is 1. The fourth-order valence-electron chi connectivity index (χ4n) is 2.53. The first kappa shape index (κ1) is 16.9. The highest BCUT2D eigenvalue weighted by Crippen LogP contribution is 2.27. The summed E-state index contributed by atoms with van der Waals surface area (Å²) >= 11 is 0. The van der Waals surface area contributed by atoms with E-state index in [9.17, 15) is 4.79 Å². The molecule has 0 fully saturated rings. The SMILES string of the molecule is CCC(CC(=O)Nc1cc(OC)ccc1N)c1ccc(C)cc1. The Morgan fingerprint density at radius 2 is 1.91 bits per heavy atom. The Bertz CT molecular complexity index is 666. The molecule has 122 valence electrons. The van der Waals surface area contributed by atoms with E-state index in [0.717, 1.165) is 6.42 Å². The Balaban J connectivity index is 2.07. The molecule has 3 N–H and O–H groups in total. The second-order valence-corrected chi connectivity index (χ2v) is 5.72. The molecular weight excluding hydrogens is 288 g/mol. The van der Waals surface area contributed by atoms with Crippen LogP contribution >= 0.6 is 0 Å². The van der Waals surface area contributed by atoms with Crippen molar-refractivity contribution in [2.45, 2.75) is 32.6 Å². The lowest BCUT2D eigenvalue weighted by Crippen LogP contribution is -2.16. The molecule has 0 aliphatic carbocycles. The molecule has 0 spiro atoms. The first-order valence-electron chi connectivity index (χ1n) is 7.83. The Hall–Kier alpha value is -2.49. The van der Waals surface area contributed by atoms with Crippen LogP contribution < -0.4 is 15.8 Å². The van der Waals surface area contributed by atoms with Gasteiger partial charge in [0.15, 0.2) is 0 Å². The topological polar surface area (TPSA) is 64.3 Å². The van der Waals surface area contributed by atoms with Gasteiger partial charge >= 0.3 is 0 Å². The summed E-state index contributed by atoms with van der Waals surface area (Å²) in [5.74, 6) is 0.819. The molecule has 1 unspecified atom stereocenters. The molecular formula is C19H24N2O2. The van der Waals surface area contributed by atoms with Crippen molar-refractivity contribution < 1.29 is 9.53 Å². The first-order valence-corrected chi connectivity index (χ1v) is 7.83. The van der Waals surface area contributed by atoms with Crippen molar-refractivity contribution >= 4 is 17.3 Å². The second kappa shape index (κ2) is 7.68. The maximum atomic E-state index is 12.4. The van der Waals surface area contributed by atoms with Crippen molar-refractivity contribution in [1.82, 2.24) is 0 Å². The van der Waals surface area contributed by atoms with Gasteiger partial charge in [0, 0.05) is 12.5 Å². The minimum absolute atomic E-state index is 0.0441. The molecule has 2 rings (SSSR count). The molecule has 0 heterocycles. The van der Waals surface area contributed by atoms with E-state index in [4.69, 9.17) is 10.5 Å². The number of anilines is 2. The minimum Gasteiger partial charge on any atom is -0.497 e. The number of nitrogens with one attached hydrogen (secondary N) is 1. The zero-order valence-electron chi connectivity index (χ0n) is 13.9. The van der Waals surface area contributed by atoms with Crippen molar-refractivity contribution in [1.29, 1.82) is 0 Å². The molecule has 23 heavy (non-hydrogen) atoms. The van der Waals surface area contributed by atoms with Crippen molar-refractivity contribution in [2.75, 3.05) is 18.2 Å². The van der Waals surface area contributed by atoms with Gasteiger partial charge in [0.2, 0.25) is 5.91 Å². The van der Waals surface area contributed by atoms with Gasteiger partial charge in [-0.2, -0.15) is 0 Å².